The maximum Gasteiger partial charge on any atom is 0.243 e. The van der Waals surface area contributed by atoms with Gasteiger partial charge in [0.1, 0.15) is 0 Å². The second-order valence-electron chi connectivity index (χ2n) is 5.24. The summed E-state index contributed by atoms with van der Waals surface area (Å²) < 4.78 is 5.41. The number of piperidine rings is 1. The third-order valence-electron chi connectivity index (χ3n) is 3.78. The third-order valence-corrected chi connectivity index (χ3v) is 5.17. The number of nitrogens with zero attached hydrogens (tertiary/aromatic N) is 2. The van der Waals surface area contributed by atoms with Crippen LogP contribution in [-0.4, -0.2) is 27.7 Å². The predicted molar refractivity (Wildman–Crippen MR) is 72.7 cm³/mol. The fourth-order valence-electron chi connectivity index (χ4n) is 2.73. The second-order valence-corrected chi connectivity index (χ2v) is 6.65. The molecule has 4 nitrogen and oxygen atoms in total. The SMILES string of the molecule is C1CCC(c2nc(CC3CCCCS3)no2)NC1. The molecule has 2 atom stereocenters. The van der Waals surface area contributed by atoms with Crippen LogP contribution in [0.4, 0.5) is 0 Å². The summed E-state index contributed by atoms with van der Waals surface area (Å²) >= 11 is 2.07. The molecule has 1 N–H and O–H groups in total. The maximum atomic E-state index is 5.41. The first-order valence-corrected chi connectivity index (χ1v) is 8.14. The average Bonchev–Trinajstić information content (AvgIpc) is 2.89. The Bertz CT molecular complexity index is 370. The zero-order valence-electron chi connectivity index (χ0n) is 10.7. The van der Waals surface area contributed by atoms with E-state index in [2.05, 4.69) is 27.2 Å². The van der Waals surface area contributed by atoms with Crippen molar-refractivity contribution in [2.24, 2.45) is 0 Å². The summed E-state index contributed by atoms with van der Waals surface area (Å²) in [6.45, 7) is 1.07. The van der Waals surface area contributed by atoms with Gasteiger partial charge in [-0.2, -0.15) is 16.7 Å². The van der Waals surface area contributed by atoms with E-state index in [1.54, 1.807) is 0 Å². The van der Waals surface area contributed by atoms with E-state index < -0.39 is 0 Å². The average molecular weight is 267 g/mol. The van der Waals surface area contributed by atoms with Crippen LogP contribution in [0, 0.1) is 0 Å². The van der Waals surface area contributed by atoms with Crippen LogP contribution >= 0.6 is 11.8 Å². The molecule has 0 aromatic carbocycles. The van der Waals surface area contributed by atoms with Crippen molar-refractivity contribution in [3.63, 3.8) is 0 Å². The van der Waals surface area contributed by atoms with Gasteiger partial charge in [-0.15, -0.1) is 0 Å². The Morgan fingerprint density at radius 1 is 1.22 bits per heavy atom. The molecule has 1 aromatic heterocycles. The van der Waals surface area contributed by atoms with E-state index in [0.29, 0.717) is 11.3 Å². The van der Waals surface area contributed by atoms with Crippen LogP contribution in [-0.2, 0) is 6.42 Å². The first kappa shape index (κ1) is 12.5. The molecule has 0 saturated carbocycles. The minimum absolute atomic E-state index is 0.291. The van der Waals surface area contributed by atoms with Crippen LogP contribution in [0.15, 0.2) is 4.52 Å². The molecule has 5 heteroatoms. The summed E-state index contributed by atoms with van der Waals surface area (Å²) in [5.74, 6) is 2.99. The molecule has 0 aliphatic carbocycles. The maximum absolute atomic E-state index is 5.41. The quantitative estimate of drug-likeness (QED) is 0.912. The van der Waals surface area contributed by atoms with Gasteiger partial charge >= 0.3 is 0 Å². The zero-order chi connectivity index (χ0) is 12.2. The smallest absolute Gasteiger partial charge is 0.243 e. The van der Waals surface area contributed by atoms with Crippen molar-refractivity contribution in [1.82, 2.24) is 15.5 Å². The van der Waals surface area contributed by atoms with Gasteiger partial charge in [0.05, 0.1) is 6.04 Å². The number of rotatable bonds is 3. The molecule has 2 aliphatic rings. The highest BCUT2D eigenvalue weighted by Gasteiger charge is 2.22. The van der Waals surface area contributed by atoms with E-state index in [9.17, 15) is 0 Å². The van der Waals surface area contributed by atoms with Crippen LogP contribution in [0.3, 0.4) is 0 Å². The number of nitrogens with one attached hydrogen (secondary N) is 1. The van der Waals surface area contributed by atoms with Crippen molar-refractivity contribution in [2.75, 3.05) is 12.3 Å². The molecule has 0 bridgehead atoms. The van der Waals surface area contributed by atoms with Gasteiger partial charge in [-0.1, -0.05) is 18.0 Å². The fourth-order valence-corrected chi connectivity index (χ4v) is 4.03. The number of thioether (sulfide) groups is 1. The molecule has 2 saturated heterocycles. The van der Waals surface area contributed by atoms with Gasteiger partial charge in [0.15, 0.2) is 5.82 Å². The first-order valence-electron chi connectivity index (χ1n) is 7.09. The van der Waals surface area contributed by atoms with Gasteiger partial charge in [0, 0.05) is 11.7 Å². The Morgan fingerprint density at radius 2 is 2.17 bits per heavy atom. The van der Waals surface area contributed by atoms with E-state index in [1.807, 2.05) is 0 Å². The molecule has 2 aliphatic heterocycles. The Hall–Kier alpha value is -0.550. The molecule has 3 rings (SSSR count). The summed E-state index contributed by atoms with van der Waals surface area (Å²) in [5, 5.41) is 8.29. The second kappa shape index (κ2) is 6.06. The van der Waals surface area contributed by atoms with Crippen LogP contribution < -0.4 is 5.32 Å². The van der Waals surface area contributed by atoms with Crippen molar-refractivity contribution in [3.8, 4) is 0 Å². The van der Waals surface area contributed by atoms with Crippen LogP contribution in [0.25, 0.3) is 0 Å². The fraction of sp³-hybridized carbons (Fsp3) is 0.846. The normalized spacial score (nSPS) is 29.3. The lowest BCUT2D eigenvalue weighted by Crippen LogP contribution is -2.27. The van der Waals surface area contributed by atoms with Gasteiger partial charge in [-0.05, 0) is 38.0 Å². The van der Waals surface area contributed by atoms with Crippen molar-refractivity contribution in [3.05, 3.63) is 11.7 Å². The van der Waals surface area contributed by atoms with Crippen molar-refractivity contribution < 1.29 is 4.52 Å². The van der Waals surface area contributed by atoms with E-state index in [0.717, 1.165) is 31.1 Å². The molecule has 18 heavy (non-hydrogen) atoms. The lowest BCUT2D eigenvalue weighted by atomic mass is 10.1. The van der Waals surface area contributed by atoms with Crippen molar-refractivity contribution in [2.45, 2.75) is 56.2 Å². The van der Waals surface area contributed by atoms with Gasteiger partial charge in [0.2, 0.25) is 5.89 Å². The van der Waals surface area contributed by atoms with E-state index in [-0.39, 0.29) is 0 Å². The zero-order valence-corrected chi connectivity index (χ0v) is 11.5. The van der Waals surface area contributed by atoms with Crippen LogP contribution in [0.5, 0.6) is 0 Å². The minimum atomic E-state index is 0.291. The predicted octanol–water partition coefficient (Wildman–Crippen LogP) is 2.71. The molecular formula is C13H21N3OS. The lowest BCUT2D eigenvalue weighted by Gasteiger charge is -2.20. The summed E-state index contributed by atoms with van der Waals surface area (Å²) in [6, 6.07) is 0.291. The molecule has 100 valence electrons. The van der Waals surface area contributed by atoms with Crippen LogP contribution in [0.1, 0.15) is 56.3 Å². The summed E-state index contributed by atoms with van der Waals surface area (Å²) in [5.41, 5.74) is 0. The molecule has 0 spiro atoms. The summed E-state index contributed by atoms with van der Waals surface area (Å²) in [4.78, 5) is 4.57. The largest absolute Gasteiger partial charge is 0.338 e. The molecule has 1 aromatic rings. The highest BCUT2D eigenvalue weighted by atomic mass is 32.2. The van der Waals surface area contributed by atoms with Gasteiger partial charge < -0.3 is 9.84 Å². The molecule has 0 amide bonds. The van der Waals surface area contributed by atoms with Crippen LogP contribution in [0.2, 0.25) is 0 Å². The topological polar surface area (TPSA) is 51.0 Å². The molecule has 0 radical (unpaired) electrons. The number of hydrogen-bond acceptors (Lipinski definition) is 5. The monoisotopic (exact) mass is 267 g/mol. The molecule has 2 unspecified atom stereocenters. The van der Waals surface area contributed by atoms with Gasteiger partial charge in [-0.3, -0.25) is 0 Å². The van der Waals surface area contributed by atoms with Crippen molar-refractivity contribution >= 4 is 11.8 Å². The molecular weight excluding hydrogens is 246 g/mol. The Kier molecular flexibility index (Phi) is 4.20. The Labute approximate surface area is 112 Å². The summed E-state index contributed by atoms with van der Waals surface area (Å²) in [6.07, 6.45) is 8.64. The lowest BCUT2D eigenvalue weighted by molar-refractivity contribution is 0.296. The van der Waals surface area contributed by atoms with Gasteiger partial charge in [0.25, 0.3) is 0 Å². The summed E-state index contributed by atoms with van der Waals surface area (Å²) in [7, 11) is 0. The molecule has 2 fully saturated rings. The van der Waals surface area contributed by atoms with Gasteiger partial charge in [-0.25, -0.2) is 0 Å². The van der Waals surface area contributed by atoms with Crippen molar-refractivity contribution in [1.29, 1.82) is 0 Å². The Morgan fingerprint density at radius 3 is 2.94 bits per heavy atom. The highest BCUT2D eigenvalue weighted by molar-refractivity contribution is 7.99. The van der Waals surface area contributed by atoms with E-state index in [4.69, 9.17) is 4.52 Å². The highest BCUT2D eigenvalue weighted by Crippen LogP contribution is 2.28. The first-order chi connectivity index (χ1) is 8.92. The van der Waals surface area contributed by atoms with E-state index in [1.165, 1.54) is 37.9 Å². The molecule has 3 heterocycles. The van der Waals surface area contributed by atoms with E-state index >= 15 is 0 Å². The number of hydrogen-bond donors (Lipinski definition) is 1. The Balaban J connectivity index is 1.58. The standard InChI is InChI=1S/C13H21N3OS/c1-3-7-14-11(6-1)13-15-12(16-17-13)9-10-5-2-4-8-18-10/h10-11,14H,1-9H2. The number of aromatic nitrogens is 2. The third kappa shape index (κ3) is 3.06. The minimum Gasteiger partial charge on any atom is -0.338 e.